The first-order valence-electron chi connectivity index (χ1n) is 5.19. The smallest absolute Gasteiger partial charge is 0.175 e. The van der Waals surface area contributed by atoms with Crippen LogP contribution in [0.1, 0.15) is 0 Å². The Labute approximate surface area is 109 Å². The van der Waals surface area contributed by atoms with Crippen LogP contribution in [0.5, 0.6) is 0 Å². The summed E-state index contributed by atoms with van der Waals surface area (Å²) in [7, 11) is -3.22. The Balaban J connectivity index is 2.25. The van der Waals surface area contributed by atoms with E-state index in [4.69, 9.17) is 11.5 Å². The number of nitrogens with one attached hydrogen (secondary N) is 1. The largest absolute Gasteiger partial charge is 0.382 e. The molecular weight excluding hydrogens is 268 g/mol. The molecule has 2 aromatic rings. The van der Waals surface area contributed by atoms with Crippen molar-refractivity contribution in [2.45, 2.75) is 4.90 Å². The number of nitrogen functional groups attached to an aromatic ring is 2. The maximum absolute atomic E-state index is 11.3. The number of aromatic nitrogens is 2. The van der Waals surface area contributed by atoms with Crippen molar-refractivity contribution in [3.8, 4) is 0 Å². The average Bonchev–Trinajstić information content (AvgIpc) is 2.66. The van der Waals surface area contributed by atoms with Gasteiger partial charge in [0.25, 0.3) is 0 Å². The molecule has 9 heteroatoms. The molecule has 5 N–H and O–H groups in total. The van der Waals surface area contributed by atoms with Crippen molar-refractivity contribution in [3.05, 3.63) is 24.3 Å². The molecule has 0 radical (unpaired) electrons. The van der Waals surface area contributed by atoms with E-state index in [-0.39, 0.29) is 22.2 Å². The number of nitrogens with two attached hydrogens (primary N) is 2. The van der Waals surface area contributed by atoms with Crippen molar-refractivity contribution in [2.75, 3.05) is 17.7 Å². The first kappa shape index (κ1) is 13.0. The minimum absolute atomic E-state index is 0.147. The standard InChI is InChI=1S/C10H12N6O2S/c1-19(17,18)7-4-2-6(3-5-7)13-14-8-9(11)15-16-10(8)12/h2-5H,1H3,(H5,11,12,15,16). The van der Waals surface area contributed by atoms with E-state index in [1.54, 1.807) is 0 Å². The Hall–Kier alpha value is -2.42. The minimum atomic E-state index is -3.22. The van der Waals surface area contributed by atoms with Crippen LogP contribution in [0.4, 0.5) is 23.0 Å². The number of anilines is 2. The van der Waals surface area contributed by atoms with Crippen molar-refractivity contribution in [3.63, 3.8) is 0 Å². The maximum atomic E-state index is 11.3. The fourth-order valence-electron chi connectivity index (χ4n) is 1.34. The van der Waals surface area contributed by atoms with E-state index in [2.05, 4.69) is 20.4 Å². The number of aromatic amines is 1. The van der Waals surface area contributed by atoms with Crippen LogP contribution in [0, 0.1) is 0 Å². The Morgan fingerprint density at radius 3 is 2.26 bits per heavy atom. The SMILES string of the molecule is CS(=O)(=O)c1ccc(N=Nc2c(N)n[nH]c2N)cc1. The third-order valence-electron chi connectivity index (χ3n) is 2.32. The zero-order chi connectivity index (χ0) is 14.0. The quantitative estimate of drug-likeness (QED) is 0.729. The predicted octanol–water partition coefficient (Wildman–Crippen LogP) is 1.39. The van der Waals surface area contributed by atoms with Crippen molar-refractivity contribution in [2.24, 2.45) is 10.2 Å². The van der Waals surface area contributed by atoms with Crippen LogP contribution in [0.15, 0.2) is 39.4 Å². The third-order valence-corrected chi connectivity index (χ3v) is 3.45. The number of hydrogen-bond acceptors (Lipinski definition) is 7. The fraction of sp³-hybridized carbons (Fsp3) is 0.100. The summed E-state index contributed by atoms with van der Waals surface area (Å²) >= 11 is 0. The van der Waals surface area contributed by atoms with Crippen LogP contribution in [0.25, 0.3) is 0 Å². The summed E-state index contributed by atoms with van der Waals surface area (Å²) in [6.07, 6.45) is 1.14. The lowest BCUT2D eigenvalue weighted by atomic mass is 10.3. The molecule has 8 nitrogen and oxygen atoms in total. The zero-order valence-electron chi connectivity index (χ0n) is 10.0. The van der Waals surface area contributed by atoms with Gasteiger partial charge in [0, 0.05) is 6.26 Å². The van der Waals surface area contributed by atoms with E-state index in [9.17, 15) is 8.42 Å². The zero-order valence-corrected chi connectivity index (χ0v) is 10.8. The normalized spacial score (nSPS) is 12.1. The molecule has 0 unspecified atom stereocenters. The number of sulfone groups is 1. The lowest BCUT2D eigenvalue weighted by Crippen LogP contribution is -1.95. The van der Waals surface area contributed by atoms with Crippen LogP contribution < -0.4 is 11.5 Å². The van der Waals surface area contributed by atoms with E-state index >= 15 is 0 Å². The van der Waals surface area contributed by atoms with Crippen molar-refractivity contribution in [1.29, 1.82) is 0 Å². The number of benzene rings is 1. The van der Waals surface area contributed by atoms with Gasteiger partial charge in [0.05, 0.1) is 10.6 Å². The first-order chi connectivity index (χ1) is 8.88. The number of nitrogens with zero attached hydrogens (tertiary/aromatic N) is 3. The molecule has 0 fully saturated rings. The first-order valence-corrected chi connectivity index (χ1v) is 7.08. The molecular formula is C10H12N6O2S. The Morgan fingerprint density at radius 2 is 1.79 bits per heavy atom. The Bertz CT molecular complexity index is 697. The molecule has 0 aliphatic heterocycles. The van der Waals surface area contributed by atoms with E-state index in [1.807, 2.05) is 0 Å². The topological polar surface area (TPSA) is 140 Å². The fourth-order valence-corrected chi connectivity index (χ4v) is 1.97. The Kier molecular flexibility index (Phi) is 3.21. The lowest BCUT2D eigenvalue weighted by Gasteiger charge is -1.97. The van der Waals surface area contributed by atoms with Crippen LogP contribution >= 0.6 is 0 Å². The molecule has 0 atom stereocenters. The average molecular weight is 280 g/mol. The van der Waals surface area contributed by atoms with Gasteiger partial charge < -0.3 is 11.5 Å². The van der Waals surface area contributed by atoms with Gasteiger partial charge >= 0.3 is 0 Å². The molecule has 0 aliphatic carbocycles. The van der Waals surface area contributed by atoms with Gasteiger partial charge in [-0.1, -0.05) is 0 Å². The number of azo groups is 1. The highest BCUT2D eigenvalue weighted by Gasteiger charge is 2.07. The van der Waals surface area contributed by atoms with Crippen LogP contribution in [0.3, 0.4) is 0 Å². The minimum Gasteiger partial charge on any atom is -0.382 e. The second-order valence-corrected chi connectivity index (χ2v) is 5.85. The second kappa shape index (κ2) is 4.69. The number of H-pyrrole nitrogens is 1. The second-order valence-electron chi connectivity index (χ2n) is 3.84. The molecule has 0 amide bonds. The summed E-state index contributed by atoms with van der Waals surface area (Å²) < 4.78 is 22.6. The van der Waals surface area contributed by atoms with Crippen molar-refractivity contribution < 1.29 is 8.42 Å². The van der Waals surface area contributed by atoms with Gasteiger partial charge in [0.2, 0.25) is 0 Å². The van der Waals surface area contributed by atoms with E-state index in [1.165, 1.54) is 24.3 Å². The van der Waals surface area contributed by atoms with Crippen LogP contribution in [-0.4, -0.2) is 24.9 Å². The summed E-state index contributed by atoms with van der Waals surface area (Å²) in [4.78, 5) is 0.216. The van der Waals surface area contributed by atoms with Gasteiger partial charge in [0.1, 0.15) is 5.82 Å². The van der Waals surface area contributed by atoms with E-state index in [0.717, 1.165) is 6.26 Å². The molecule has 19 heavy (non-hydrogen) atoms. The van der Waals surface area contributed by atoms with Crippen LogP contribution in [-0.2, 0) is 9.84 Å². The lowest BCUT2D eigenvalue weighted by molar-refractivity contribution is 0.602. The molecule has 2 rings (SSSR count). The molecule has 0 aliphatic rings. The molecule has 1 aromatic heterocycles. The number of hydrogen-bond donors (Lipinski definition) is 3. The van der Waals surface area contributed by atoms with Gasteiger partial charge in [0.15, 0.2) is 21.3 Å². The molecule has 0 saturated carbocycles. The summed E-state index contributed by atoms with van der Waals surface area (Å²) in [5.74, 6) is 0.364. The third kappa shape index (κ3) is 2.88. The van der Waals surface area contributed by atoms with E-state index < -0.39 is 9.84 Å². The van der Waals surface area contributed by atoms with Crippen molar-refractivity contribution in [1.82, 2.24) is 10.2 Å². The highest BCUT2D eigenvalue weighted by molar-refractivity contribution is 7.90. The van der Waals surface area contributed by atoms with Crippen LogP contribution in [0.2, 0.25) is 0 Å². The molecule has 0 saturated heterocycles. The maximum Gasteiger partial charge on any atom is 0.175 e. The number of rotatable bonds is 3. The van der Waals surface area contributed by atoms with Gasteiger partial charge in [-0.25, -0.2) is 8.42 Å². The van der Waals surface area contributed by atoms with Crippen molar-refractivity contribution >= 4 is 32.8 Å². The summed E-state index contributed by atoms with van der Waals surface area (Å²) in [6, 6.07) is 5.97. The van der Waals surface area contributed by atoms with Gasteiger partial charge in [-0.05, 0) is 24.3 Å². The summed E-state index contributed by atoms with van der Waals surface area (Å²) in [6.45, 7) is 0. The summed E-state index contributed by atoms with van der Waals surface area (Å²) in [5.41, 5.74) is 11.8. The summed E-state index contributed by atoms with van der Waals surface area (Å²) in [5, 5.41) is 13.9. The van der Waals surface area contributed by atoms with E-state index in [0.29, 0.717) is 5.69 Å². The molecule has 0 spiro atoms. The van der Waals surface area contributed by atoms with Gasteiger partial charge in [-0.15, -0.1) is 5.11 Å². The molecule has 100 valence electrons. The monoisotopic (exact) mass is 280 g/mol. The highest BCUT2D eigenvalue weighted by Crippen LogP contribution is 2.28. The highest BCUT2D eigenvalue weighted by atomic mass is 32.2. The molecule has 1 heterocycles. The molecule has 0 bridgehead atoms. The molecule has 1 aromatic carbocycles. The predicted molar refractivity (Wildman–Crippen MR) is 71.1 cm³/mol. The van der Waals surface area contributed by atoms with Gasteiger partial charge in [-0.3, -0.25) is 5.10 Å². The Morgan fingerprint density at radius 1 is 1.16 bits per heavy atom. The van der Waals surface area contributed by atoms with Gasteiger partial charge in [-0.2, -0.15) is 10.2 Å².